The molecule has 0 saturated carbocycles. The maximum Gasteiger partial charge on any atom is 0.331 e. The number of carboxylic acids is 2. The first-order valence-electron chi connectivity index (χ1n) is 4.89. The van der Waals surface area contributed by atoms with E-state index in [4.69, 9.17) is 10.2 Å². The first-order valence-corrected chi connectivity index (χ1v) is 4.89. The fraction of sp³-hybridized carbons (Fsp3) is 0.0909. The maximum absolute atomic E-state index is 9.87. The van der Waals surface area contributed by atoms with E-state index in [0.717, 1.165) is 11.0 Å². The Morgan fingerprint density at radius 2 is 1.67 bits per heavy atom. The Bertz CT molecular complexity index is 546. The number of hydrogen-bond donors (Lipinski definition) is 3. The molecule has 0 aliphatic rings. The minimum absolute atomic E-state index is 0.303. The Hall–Kier alpha value is -2.70. The SMILES string of the molecule is C=C(CC(=O)O)C(=O)O.c1ccc2n[nH]nc2c1. The van der Waals surface area contributed by atoms with E-state index in [0.29, 0.717) is 0 Å². The summed E-state index contributed by atoms with van der Waals surface area (Å²) in [5.41, 5.74) is 1.53. The van der Waals surface area contributed by atoms with Gasteiger partial charge in [-0.25, -0.2) is 4.79 Å². The van der Waals surface area contributed by atoms with Crippen LogP contribution in [0.5, 0.6) is 0 Å². The molecule has 2 aromatic rings. The van der Waals surface area contributed by atoms with E-state index in [-0.39, 0.29) is 5.57 Å². The Kier molecular flexibility index (Phi) is 4.56. The highest BCUT2D eigenvalue weighted by molar-refractivity contribution is 5.91. The Labute approximate surface area is 102 Å². The van der Waals surface area contributed by atoms with E-state index in [2.05, 4.69) is 22.0 Å². The zero-order chi connectivity index (χ0) is 13.5. The monoisotopic (exact) mass is 249 g/mol. The van der Waals surface area contributed by atoms with Crippen LogP contribution in [0.3, 0.4) is 0 Å². The molecule has 0 amide bonds. The molecule has 0 fully saturated rings. The molecule has 18 heavy (non-hydrogen) atoms. The molecule has 0 unspecified atom stereocenters. The van der Waals surface area contributed by atoms with Crippen LogP contribution in [0.25, 0.3) is 11.0 Å². The van der Waals surface area contributed by atoms with E-state index < -0.39 is 18.4 Å². The highest BCUT2D eigenvalue weighted by Gasteiger charge is 2.07. The van der Waals surface area contributed by atoms with Gasteiger partial charge in [-0.3, -0.25) is 4.79 Å². The third-order valence-corrected chi connectivity index (χ3v) is 1.89. The van der Waals surface area contributed by atoms with Gasteiger partial charge in [0, 0.05) is 5.57 Å². The highest BCUT2D eigenvalue weighted by Crippen LogP contribution is 2.03. The zero-order valence-corrected chi connectivity index (χ0v) is 9.33. The first-order chi connectivity index (χ1) is 8.50. The van der Waals surface area contributed by atoms with Crippen molar-refractivity contribution in [1.29, 1.82) is 0 Å². The number of aromatic amines is 1. The molecule has 0 aliphatic carbocycles. The lowest BCUT2D eigenvalue weighted by atomic mass is 10.2. The summed E-state index contributed by atoms with van der Waals surface area (Å²) in [7, 11) is 0. The van der Waals surface area contributed by atoms with Crippen molar-refractivity contribution in [1.82, 2.24) is 15.4 Å². The number of carbonyl (C=O) groups is 2. The van der Waals surface area contributed by atoms with E-state index in [1.165, 1.54) is 0 Å². The van der Waals surface area contributed by atoms with Crippen LogP contribution in [0.15, 0.2) is 36.4 Å². The molecule has 7 nitrogen and oxygen atoms in total. The predicted octanol–water partition coefficient (Wildman–Crippen LogP) is 1.06. The average Bonchev–Trinajstić information content (AvgIpc) is 2.76. The topological polar surface area (TPSA) is 116 Å². The number of nitrogens with zero attached hydrogens (tertiary/aromatic N) is 2. The van der Waals surface area contributed by atoms with Crippen molar-refractivity contribution >= 4 is 23.0 Å². The molecule has 0 radical (unpaired) electrons. The second kappa shape index (κ2) is 6.14. The summed E-state index contributed by atoms with van der Waals surface area (Å²) in [5, 5.41) is 26.4. The van der Waals surface area contributed by atoms with Crippen LogP contribution in [-0.2, 0) is 9.59 Å². The number of rotatable bonds is 3. The van der Waals surface area contributed by atoms with Gasteiger partial charge in [0.05, 0.1) is 6.42 Å². The van der Waals surface area contributed by atoms with Crippen LogP contribution in [-0.4, -0.2) is 37.6 Å². The van der Waals surface area contributed by atoms with Gasteiger partial charge in [0.15, 0.2) is 0 Å². The molecule has 1 aromatic carbocycles. The second-order valence-electron chi connectivity index (χ2n) is 3.29. The lowest BCUT2D eigenvalue weighted by Crippen LogP contribution is -2.04. The van der Waals surface area contributed by atoms with Crippen molar-refractivity contribution in [2.24, 2.45) is 0 Å². The van der Waals surface area contributed by atoms with Crippen LogP contribution >= 0.6 is 0 Å². The van der Waals surface area contributed by atoms with Gasteiger partial charge in [0.1, 0.15) is 11.0 Å². The quantitative estimate of drug-likeness (QED) is 0.700. The number of benzene rings is 1. The second-order valence-corrected chi connectivity index (χ2v) is 3.29. The van der Waals surface area contributed by atoms with Gasteiger partial charge in [0.25, 0.3) is 0 Å². The number of aromatic nitrogens is 3. The number of H-pyrrole nitrogens is 1. The summed E-state index contributed by atoms with van der Waals surface area (Å²) in [5.74, 6) is -2.44. The van der Waals surface area contributed by atoms with Gasteiger partial charge < -0.3 is 10.2 Å². The lowest BCUT2D eigenvalue weighted by molar-refractivity contribution is -0.139. The molecule has 0 spiro atoms. The smallest absolute Gasteiger partial charge is 0.331 e. The minimum Gasteiger partial charge on any atom is -0.481 e. The summed E-state index contributed by atoms with van der Waals surface area (Å²) in [6.07, 6.45) is -0.505. The molecule has 2 rings (SSSR count). The number of aliphatic carboxylic acids is 2. The third kappa shape index (κ3) is 4.05. The van der Waals surface area contributed by atoms with Gasteiger partial charge in [-0.05, 0) is 12.1 Å². The number of carboxylic acid groups (broad SMARTS) is 2. The van der Waals surface area contributed by atoms with Crippen LogP contribution in [0.2, 0.25) is 0 Å². The number of hydrogen-bond acceptors (Lipinski definition) is 4. The van der Waals surface area contributed by atoms with Crippen molar-refractivity contribution in [2.75, 3.05) is 0 Å². The van der Waals surface area contributed by atoms with Gasteiger partial charge in [-0.1, -0.05) is 18.7 Å². The lowest BCUT2D eigenvalue weighted by Gasteiger charge is -1.91. The maximum atomic E-state index is 9.87. The van der Waals surface area contributed by atoms with Gasteiger partial charge in [0.2, 0.25) is 0 Å². The van der Waals surface area contributed by atoms with Crippen molar-refractivity contribution in [3.8, 4) is 0 Å². The van der Waals surface area contributed by atoms with E-state index in [9.17, 15) is 9.59 Å². The number of para-hydroxylation sites is 2. The fourth-order valence-corrected chi connectivity index (χ4v) is 1.04. The van der Waals surface area contributed by atoms with Crippen LogP contribution in [0.4, 0.5) is 0 Å². The van der Waals surface area contributed by atoms with Crippen LogP contribution in [0, 0.1) is 0 Å². The Morgan fingerprint density at radius 3 is 2.00 bits per heavy atom. The Balaban J connectivity index is 0.000000180. The molecule has 7 heteroatoms. The normalized spacial score (nSPS) is 9.33. The number of fused-ring (bicyclic) bond motifs is 1. The van der Waals surface area contributed by atoms with E-state index >= 15 is 0 Å². The molecular formula is C11H11N3O4. The first kappa shape index (κ1) is 13.4. The zero-order valence-electron chi connectivity index (χ0n) is 9.33. The van der Waals surface area contributed by atoms with Crippen molar-refractivity contribution in [3.63, 3.8) is 0 Å². The molecule has 0 bridgehead atoms. The standard InChI is InChI=1S/C6H5N3.C5H6O4/c1-2-4-6-5(3-1)7-9-8-6;1-3(5(8)9)2-4(6)7/h1-4H,(H,7,8,9);1-2H2,(H,6,7)(H,8,9). The van der Waals surface area contributed by atoms with Crippen LogP contribution in [0.1, 0.15) is 6.42 Å². The fourth-order valence-electron chi connectivity index (χ4n) is 1.04. The number of nitrogens with one attached hydrogen (secondary N) is 1. The molecule has 94 valence electrons. The van der Waals surface area contributed by atoms with Gasteiger partial charge in [-0.15, -0.1) is 0 Å². The Morgan fingerprint density at radius 1 is 1.17 bits per heavy atom. The molecule has 1 aromatic heterocycles. The van der Waals surface area contributed by atoms with Crippen molar-refractivity contribution in [2.45, 2.75) is 6.42 Å². The largest absolute Gasteiger partial charge is 0.481 e. The molecule has 0 atom stereocenters. The van der Waals surface area contributed by atoms with Crippen molar-refractivity contribution in [3.05, 3.63) is 36.4 Å². The predicted molar refractivity (Wildman–Crippen MR) is 62.9 cm³/mol. The third-order valence-electron chi connectivity index (χ3n) is 1.89. The van der Waals surface area contributed by atoms with Crippen LogP contribution < -0.4 is 0 Å². The van der Waals surface area contributed by atoms with E-state index in [1.54, 1.807) is 0 Å². The van der Waals surface area contributed by atoms with E-state index in [1.807, 2.05) is 24.3 Å². The van der Waals surface area contributed by atoms with Gasteiger partial charge in [-0.2, -0.15) is 15.4 Å². The summed E-state index contributed by atoms with van der Waals surface area (Å²) in [6.45, 7) is 3.01. The van der Waals surface area contributed by atoms with Crippen molar-refractivity contribution < 1.29 is 19.8 Å². The minimum atomic E-state index is -1.27. The summed E-state index contributed by atoms with van der Waals surface area (Å²) in [4.78, 5) is 19.7. The summed E-state index contributed by atoms with van der Waals surface area (Å²) >= 11 is 0. The molecule has 3 N–H and O–H groups in total. The molecular weight excluding hydrogens is 238 g/mol. The summed E-state index contributed by atoms with van der Waals surface area (Å²) in [6, 6.07) is 7.70. The molecule has 1 heterocycles. The average molecular weight is 249 g/mol. The van der Waals surface area contributed by atoms with Gasteiger partial charge >= 0.3 is 11.9 Å². The summed E-state index contributed by atoms with van der Waals surface area (Å²) < 4.78 is 0. The molecule has 0 saturated heterocycles. The highest BCUT2D eigenvalue weighted by atomic mass is 16.4. The molecule has 0 aliphatic heterocycles.